The highest BCUT2D eigenvalue weighted by Gasteiger charge is 2.04. The lowest BCUT2D eigenvalue weighted by Crippen LogP contribution is -2.78. The van der Waals surface area contributed by atoms with Gasteiger partial charge >= 0.3 is 0 Å². The molecule has 1 aliphatic rings. The molecule has 0 unspecified atom stereocenters. The fourth-order valence-corrected chi connectivity index (χ4v) is 1.12. The number of para-hydroxylation sites is 1. The zero-order chi connectivity index (χ0) is 11.3. The summed E-state index contributed by atoms with van der Waals surface area (Å²) in [6, 6.07) is 8.27. The second-order valence-corrected chi connectivity index (χ2v) is 3.46. The van der Waals surface area contributed by atoms with Crippen LogP contribution in [0.4, 0.5) is 5.69 Å². The minimum absolute atomic E-state index is 0.830. The Bertz CT molecular complexity index is 345. The quantitative estimate of drug-likeness (QED) is 0.453. The summed E-state index contributed by atoms with van der Waals surface area (Å²) in [5.41, 5.74) is 2.53. The predicted molar refractivity (Wildman–Crippen MR) is 40.5 cm³/mol. The average Bonchev–Trinajstić information content (AvgIpc) is 2.16. The van der Waals surface area contributed by atoms with Crippen LogP contribution < -0.4 is 24.0 Å². The lowest BCUT2D eigenvalue weighted by atomic mass is 10.2. The van der Waals surface area contributed by atoms with E-state index in [1.807, 2.05) is 12.3 Å². The minimum Gasteiger partial charge on any atom is -0.295 e. The first kappa shape index (κ1) is 12.1. The van der Waals surface area contributed by atoms with Gasteiger partial charge < -0.3 is 0 Å². The largest absolute Gasteiger partial charge is 0.295 e. The second kappa shape index (κ2) is 5.17. The van der Waals surface area contributed by atoms with Crippen LogP contribution in [-0.2, 0) is 0 Å². The van der Waals surface area contributed by atoms with Crippen LogP contribution in [0, 0.1) is 10.2 Å². The van der Waals surface area contributed by atoms with Crippen molar-refractivity contribution in [1.29, 1.82) is 0 Å². The number of nitrogens with two attached hydrogens (primary N) is 1. The van der Waals surface area contributed by atoms with Gasteiger partial charge in [0.2, 0.25) is 0 Å². The van der Waals surface area contributed by atoms with Crippen molar-refractivity contribution in [3.63, 3.8) is 0 Å². The van der Waals surface area contributed by atoms with Crippen molar-refractivity contribution in [1.82, 2.24) is 0 Å². The van der Waals surface area contributed by atoms with E-state index in [0.29, 0.717) is 0 Å². The molecular formula is C8H9ClN2O4. The summed E-state index contributed by atoms with van der Waals surface area (Å²) in [4.78, 5) is 4.14. The first-order valence-corrected chi connectivity index (χ1v) is 5.24. The third-order valence-electron chi connectivity index (χ3n) is 1.64. The van der Waals surface area contributed by atoms with E-state index in [9.17, 15) is 0 Å². The fraction of sp³-hybridized carbons (Fsp3) is 0.125. The lowest BCUT2D eigenvalue weighted by molar-refractivity contribution is -2.00. The van der Waals surface area contributed by atoms with Crippen molar-refractivity contribution in [2.24, 2.45) is 4.99 Å². The summed E-state index contributed by atoms with van der Waals surface area (Å²) in [6.45, 7) is 0.830. The normalized spacial score (nSPS) is 13.9. The smallest absolute Gasteiger partial charge is 0.174 e. The Morgan fingerprint density at radius 2 is 1.73 bits per heavy atom. The van der Waals surface area contributed by atoms with Crippen LogP contribution in [0.1, 0.15) is 5.56 Å². The predicted octanol–water partition coefficient (Wildman–Crippen LogP) is -4.48. The van der Waals surface area contributed by atoms with E-state index in [-0.39, 0.29) is 0 Å². The molecule has 0 radical (unpaired) electrons. The van der Waals surface area contributed by atoms with Crippen molar-refractivity contribution in [2.75, 3.05) is 6.67 Å². The van der Waals surface area contributed by atoms with Gasteiger partial charge in [-0.1, -0.05) is 12.1 Å². The molecule has 0 saturated carbocycles. The number of rotatable bonds is 0. The van der Waals surface area contributed by atoms with Gasteiger partial charge in [0.05, 0.1) is 5.56 Å². The second-order valence-electron chi connectivity index (χ2n) is 2.71. The van der Waals surface area contributed by atoms with Crippen LogP contribution in [-0.4, -0.2) is 12.9 Å². The molecule has 0 saturated heterocycles. The topological polar surface area (TPSA) is 121 Å². The van der Waals surface area contributed by atoms with E-state index in [0.717, 1.165) is 6.67 Å². The molecule has 82 valence electrons. The molecule has 0 spiro atoms. The zero-order valence-corrected chi connectivity index (χ0v) is 8.39. The molecule has 1 heterocycles. The van der Waals surface area contributed by atoms with Gasteiger partial charge in [0.1, 0.15) is 5.69 Å². The van der Waals surface area contributed by atoms with Crippen LogP contribution in [0.25, 0.3) is 0 Å². The Balaban J connectivity index is 0.000000195. The third-order valence-corrected chi connectivity index (χ3v) is 1.64. The maximum absolute atomic E-state index is 8.49. The summed E-state index contributed by atoms with van der Waals surface area (Å²) in [6.07, 6.45) is 1.93. The monoisotopic (exact) mass is 232 g/mol. The highest BCUT2D eigenvalue weighted by molar-refractivity contribution is 5.85. The van der Waals surface area contributed by atoms with Crippen molar-refractivity contribution in [2.45, 2.75) is 0 Å². The molecule has 0 amide bonds. The van der Waals surface area contributed by atoms with Gasteiger partial charge in [-0.3, -0.25) is 5.32 Å². The van der Waals surface area contributed by atoms with Gasteiger partial charge in [-0.2, -0.15) is 0 Å². The van der Waals surface area contributed by atoms with Gasteiger partial charge in [0.15, 0.2) is 6.67 Å². The Labute approximate surface area is 88.2 Å². The summed E-state index contributed by atoms with van der Waals surface area (Å²) >= 11 is 0. The van der Waals surface area contributed by atoms with Crippen LogP contribution in [0.2, 0.25) is 0 Å². The highest BCUT2D eigenvalue weighted by Crippen LogP contribution is 2.07. The average molecular weight is 233 g/mol. The van der Waals surface area contributed by atoms with Crippen molar-refractivity contribution >= 4 is 11.9 Å². The summed E-state index contributed by atoms with van der Waals surface area (Å²) < 4.78 is 34.0. The third kappa shape index (κ3) is 5.43. The molecule has 0 fully saturated rings. The van der Waals surface area contributed by atoms with Gasteiger partial charge in [-0.05, 0) is 12.1 Å². The number of quaternary nitrogens is 1. The number of hydrogen-bond acceptors (Lipinski definition) is 5. The summed E-state index contributed by atoms with van der Waals surface area (Å²) in [5.74, 6) is 0. The molecule has 0 aliphatic carbocycles. The molecule has 2 N–H and O–H groups in total. The molecule has 7 heteroatoms. The number of fused-ring (bicyclic) bond motifs is 1. The van der Waals surface area contributed by atoms with Crippen LogP contribution >= 0.6 is 0 Å². The SMILES string of the molecule is C1=NC[NH2+]c2ccccc21.[O-][Cl+3]([O-])([O-])[O-]. The van der Waals surface area contributed by atoms with E-state index >= 15 is 0 Å². The number of benzene rings is 1. The Hall–Kier alpha value is -1.02. The van der Waals surface area contributed by atoms with Crippen LogP contribution in [0.3, 0.4) is 0 Å². The molecule has 0 bridgehead atoms. The van der Waals surface area contributed by atoms with Crippen LogP contribution in [0.15, 0.2) is 29.3 Å². The van der Waals surface area contributed by atoms with Gasteiger partial charge in [-0.15, -0.1) is 10.2 Å². The van der Waals surface area contributed by atoms with Crippen molar-refractivity contribution in [3.8, 4) is 0 Å². The molecule has 0 aromatic heterocycles. The Morgan fingerprint density at radius 3 is 2.33 bits per heavy atom. The van der Waals surface area contributed by atoms with Gasteiger partial charge in [0.25, 0.3) is 0 Å². The maximum atomic E-state index is 8.49. The Morgan fingerprint density at radius 1 is 1.13 bits per heavy atom. The fourth-order valence-electron chi connectivity index (χ4n) is 1.12. The molecule has 15 heavy (non-hydrogen) atoms. The standard InChI is InChI=1S/C8H8N2.ClHO4/c1-2-4-8-7(3-1)5-9-6-10-8;2-1(3,4)5/h1-5,10H,6H2;(H,2,3,4,5). The number of halogens is 1. The minimum atomic E-state index is -4.94. The molecule has 1 aromatic carbocycles. The summed E-state index contributed by atoms with van der Waals surface area (Å²) in [5, 5.41) is 2.13. The molecule has 1 aliphatic heterocycles. The number of aliphatic imine (C=N–C) groups is 1. The number of nitrogens with zero attached hydrogens (tertiary/aromatic N) is 1. The lowest BCUT2D eigenvalue weighted by Gasteiger charge is -2.17. The van der Waals surface area contributed by atoms with Crippen molar-refractivity contribution in [3.05, 3.63) is 29.8 Å². The maximum Gasteiger partial charge on any atom is 0.174 e. The first-order valence-electron chi connectivity index (χ1n) is 4.00. The van der Waals surface area contributed by atoms with Crippen molar-refractivity contribution < 1.29 is 34.2 Å². The van der Waals surface area contributed by atoms with Gasteiger partial charge in [-0.25, -0.2) is 23.6 Å². The Kier molecular flexibility index (Phi) is 4.15. The zero-order valence-electron chi connectivity index (χ0n) is 7.63. The van der Waals surface area contributed by atoms with E-state index in [1.165, 1.54) is 11.3 Å². The molecular weight excluding hydrogens is 224 g/mol. The molecule has 2 rings (SSSR count). The van der Waals surface area contributed by atoms with Gasteiger partial charge in [0, 0.05) is 6.21 Å². The van der Waals surface area contributed by atoms with E-state index in [4.69, 9.17) is 18.6 Å². The molecule has 0 atom stereocenters. The van der Waals surface area contributed by atoms with Crippen LogP contribution in [0.5, 0.6) is 0 Å². The summed E-state index contributed by atoms with van der Waals surface area (Å²) in [7, 11) is -4.94. The van der Waals surface area contributed by atoms with E-state index in [1.54, 1.807) is 0 Å². The number of hydrogen-bond donors (Lipinski definition) is 1. The molecule has 6 nitrogen and oxygen atoms in total. The first-order chi connectivity index (χ1) is 6.97. The van der Waals surface area contributed by atoms with E-state index < -0.39 is 10.2 Å². The highest BCUT2D eigenvalue weighted by atomic mass is 35.7. The molecule has 1 aromatic rings. The van der Waals surface area contributed by atoms with E-state index in [2.05, 4.69) is 28.5 Å².